The van der Waals surface area contributed by atoms with Crippen molar-refractivity contribution in [3.63, 3.8) is 0 Å². The quantitative estimate of drug-likeness (QED) is 0.541. The smallest absolute Gasteiger partial charge is 0.0693 e. The van der Waals surface area contributed by atoms with Crippen LogP contribution in [0.2, 0.25) is 0 Å². The van der Waals surface area contributed by atoms with Gasteiger partial charge < -0.3 is 20.3 Å². The minimum atomic E-state index is -0.633. The third kappa shape index (κ3) is 4.04. The molecule has 0 saturated carbocycles. The van der Waals surface area contributed by atoms with Crippen molar-refractivity contribution in [2.24, 2.45) is 0 Å². The first-order chi connectivity index (χ1) is 5.99. The number of methoxy groups -OCH3 is 1. The predicted molar refractivity (Wildman–Crippen MR) is 51.6 cm³/mol. The molecule has 0 aliphatic heterocycles. The van der Waals surface area contributed by atoms with E-state index in [1.165, 1.54) is 0 Å². The highest BCUT2D eigenvalue weighted by Gasteiger charge is 2.26. The summed E-state index contributed by atoms with van der Waals surface area (Å²) in [6.45, 7) is 5.48. The van der Waals surface area contributed by atoms with Crippen LogP contribution in [0, 0.1) is 0 Å². The van der Waals surface area contributed by atoms with Gasteiger partial charge in [0.25, 0.3) is 0 Å². The van der Waals surface area contributed by atoms with Gasteiger partial charge in [-0.15, -0.1) is 0 Å². The van der Waals surface area contributed by atoms with E-state index in [-0.39, 0.29) is 25.4 Å². The van der Waals surface area contributed by atoms with Crippen molar-refractivity contribution in [3.8, 4) is 0 Å². The first-order valence-electron chi connectivity index (χ1n) is 4.51. The van der Waals surface area contributed by atoms with Crippen molar-refractivity contribution >= 4 is 0 Å². The Kier molecular flexibility index (Phi) is 5.48. The molecule has 13 heavy (non-hydrogen) atoms. The van der Waals surface area contributed by atoms with Crippen molar-refractivity contribution < 1.29 is 14.9 Å². The van der Waals surface area contributed by atoms with Gasteiger partial charge in [0, 0.05) is 13.2 Å². The molecule has 0 bridgehead atoms. The Morgan fingerprint density at radius 1 is 1.31 bits per heavy atom. The lowest BCUT2D eigenvalue weighted by Gasteiger charge is -2.32. The van der Waals surface area contributed by atoms with Gasteiger partial charge in [-0.1, -0.05) is 0 Å². The fraction of sp³-hybridized carbons (Fsp3) is 1.00. The highest BCUT2D eigenvalue weighted by Crippen LogP contribution is 2.06. The van der Waals surface area contributed by atoms with Gasteiger partial charge in [0.1, 0.15) is 0 Å². The summed E-state index contributed by atoms with van der Waals surface area (Å²) in [5.41, 5.74) is -0.633. The molecule has 0 aromatic heterocycles. The lowest BCUT2D eigenvalue weighted by molar-refractivity contribution is 0.0456. The van der Waals surface area contributed by atoms with Crippen molar-refractivity contribution in [1.29, 1.82) is 0 Å². The number of aliphatic hydroxyl groups is 2. The molecule has 0 radical (unpaired) electrons. The maximum Gasteiger partial charge on any atom is 0.0693 e. The summed E-state index contributed by atoms with van der Waals surface area (Å²) < 4.78 is 5.12. The van der Waals surface area contributed by atoms with E-state index in [0.29, 0.717) is 0 Å². The molecule has 80 valence electrons. The van der Waals surface area contributed by atoms with Crippen molar-refractivity contribution in [2.75, 3.05) is 20.3 Å². The Balaban J connectivity index is 4.08. The second kappa shape index (κ2) is 5.54. The van der Waals surface area contributed by atoms with E-state index in [9.17, 15) is 0 Å². The van der Waals surface area contributed by atoms with Crippen molar-refractivity contribution in [3.05, 3.63) is 0 Å². The molecule has 0 rings (SSSR count). The molecule has 2 atom stereocenters. The van der Waals surface area contributed by atoms with Crippen LogP contribution >= 0.6 is 0 Å². The zero-order valence-electron chi connectivity index (χ0n) is 8.87. The van der Waals surface area contributed by atoms with Gasteiger partial charge in [-0.2, -0.15) is 0 Å². The molecule has 0 heterocycles. The third-order valence-electron chi connectivity index (χ3n) is 2.35. The average molecular weight is 191 g/mol. The molecule has 0 aromatic rings. The van der Waals surface area contributed by atoms with Crippen LogP contribution in [0.4, 0.5) is 0 Å². The fourth-order valence-electron chi connectivity index (χ4n) is 1.01. The molecule has 0 aliphatic carbocycles. The van der Waals surface area contributed by atoms with Crippen molar-refractivity contribution in [1.82, 2.24) is 5.32 Å². The predicted octanol–water partition coefficient (Wildman–Crippen LogP) is -0.257. The van der Waals surface area contributed by atoms with Crippen LogP contribution in [0.5, 0.6) is 0 Å². The topological polar surface area (TPSA) is 61.7 Å². The van der Waals surface area contributed by atoms with Crippen LogP contribution in [0.25, 0.3) is 0 Å². The summed E-state index contributed by atoms with van der Waals surface area (Å²) in [5.74, 6) is 0. The van der Waals surface area contributed by atoms with Crippen LogP contribution in [0.3, 0.4) is 0 Å². The minimum absolute atomic E-state index is 0.0532. The number of hydrogen-bond donors (Lipinski definition) is 3. The third-order valence-corrected chi connectivity index (χ3v) is 2.35. The number of hydrogen-bond acceptors (Lipinski definition) is 4. The van der Waals surface area contributed by atoms with Gasteiger partial charge in [0.05, 0.1) is 24.9 Å². The van der Waals surface area contributed by atoms with Gasteiger partial charge in [-0.3, -0.25) is 0 Å². The molecular formula is C9H21NO3. The number of ether oxygens (including phenoxy) is 1. The van der Waals surface area contributed by atoms with Gasteiger partial charge in [-0.05, 0) is 20.8 Å². The van der Waals surface area contributed by atoms with E-state index >= 15 is 0 Å². The van der Waals surface area contributed by atoms with Crippen LogP contribution in [-0.4, -0.2) is 48.2 Å². The van der Waals surface area contributed by atoms with Crippen LogP contribution in [-0.2, 0) is 4.74 Å². The van der Waals surface area contributed by atoms with E-state index in [1.54, 1.807) is 14.0 Å². The first kappa shape index (κ1) is 12.8. The van der Waals surface area contributed by atoms with Crippen molar-refractivity contribution in [2.45, 2.75) is 38.5 Å². The highest BCUT2D eigenvalue weighted by molar-refractivity contribution is 4.85. The Hall–Kier alpha value is -0.160. The van der Waals surface area contributed by atoms with Gasteiger partial charge in [0.2, 0.25) is 0 Å². The average Bonchev–Trinajstić information content (AvgIpc) is 2.16. The maximum atomic E-state index is 9.03. The SMILES string of the molecule is COC(C)C(C)NC(C)(CO)CO. The second-order valence-corrected chi connectivity index (χ2v) is 3.75. The lowest BCUT2D eigenvalue weighted by atomic mass is 10.0. The standard InChI is InChI=1S/C9H21NO3/c1-7(8(2)13-4)10-9(3,5-11)6-12/h7-8,10-12H,5-6H2,1-4H3. The minimum Gasteiger partial charge on any atom is -0.394 e. The van der Waals surface area contributed by atoms with Gasteiger partial charge in [0.15, 0.2) is 0 Å². The van der Waals surface area contributed by atoms with E-state index in [1.807, 2.05) is 13.8 Å². The van der Waals surface area contributed by atoms with Gasteiger partial charge >= 0.3 is 0 Å². The first-order valence-corrected chi connectivity index (χ1v) is 4.51. The van der Waals surface area contributed by atoms with Gasteiger partial charge in [-0.25, -0.2) is 0 Å². The summed E-state index contributed by atoms with van der Waals surface area (Å²) in [4.78, 5) is 0. The molecule has 0 amide bonds. The second-order valence-electron chi connectivity index (χ2n) is 3.75. The van der Waals surface area contributed by atoms with E-state index in [2.05, 4.69) is 5.32 Å². The zero-order chi connectivity index (χ0) is 10.5. The van der Waals surface area contributed by atoms with E-state index in [0.717, 1.165) is 0 Å². The normalized spacial score (nSPS) is 17.1. The molecule has 2 unspecified atom stereocenters. The molecule has 3 N–H and O–H groups in total. The molecule has 0 spiro atoms. The maximum absolute atomic E-state index is 9.03. The number of rotatable bonds is 6. The Bertz CT molecular complexity index is 137. The molecule has 0 aliphatic rings. The van der Waals surface area contributed by atoms with E-state index < -0.39 is 5.54 Å². The molecule has 0 aromatic carbocycles. The lowest BCUT2D eigenvalue weighted by Crippen LogP contribution is -2.55. The Morgan fingerprint density at radius 3 is 2.08 bits per heavy atom. The summed E-state index contributed by atoms with van der Waals surface area (Å²) in [6, 6.07) is 0.0919. The molecule has 0 saturated heterocycles. The summed E-state index contributed by atoms with van der Waals surface area (Å²) in [5, 5.41) is 21.2. The molecule has 4 heteroatoms. The van der Waals surface area contributed by atoms with E-state index in [4.69, 9.17) is 14.9 Å². The molecule has 4 nitrogen and oxygen atoms in total. The number of nitrogens with one attached hydrogen (secondary N) is 1. The zero-order valence-corrected chi connectivity index (χ0v) is 8.87. The molecule has 0 fully saturated rings. The highest BCUT2D eigenvalue weighted by atomic mass is 16.5. The Labute approximate surface area is 79.9 Å². The Morgan fingerprint density at radius 2 is 1.77 bits per heavy atom. The summed E-state index contributed by atoms with van der Waals surface area (Å²) in [7, 11) is 1.64. The number of aliphatic hydroxyl groups excluding tert-OH is 2. The summed E-state index contributed by atoms with van der Waals surface area (Å²) in [6.07, 6.45) is 0.0532. The fourth-order valence-corrected chi connectivity index (χ4v) is 1.01. The largest absolute Gasteiger partial charge is 0.394 e. The van der Waals surface area contributed by atoms with Crippen LogP contribution in [0.15, 0.2) is 0 Å². The summed E-state index contributed by atoms with van der Waals surface area (Å²) >= 11 is 0. The van der Waals surface area contributed by atoms with Crippen LogP contribution in [0.1, 0.15) is 20.8 Å². The monoisotopic (exact) mass is 191 g/mol. The van der Waals surface area contributed by atoms with Crippen LogP contribution < -0.4 is 5.32 Å². The molecular weight excluding hydrogens is 170 g/mol.